The lowest BCUT2D eigenvalue weighted by Gasteiger charge is -2.07. The van der Waals surface area contributed by atoms with E-state index in [4.69, 9.17) is 4.74 Å². The van der Waals surface area contributed by atoms with E-state index in [0.717, 1.165) is 42.5 Å². The van der Waals surface area contributed by atoms with Gasteiger partial charge in [0, 0.05) is 18.0 Å². The number of rotatable bonds is 17. The van der Waals surface area contributed by atoms with Gasteiger partial charge in [0.2, 0.25) is 0 Å². The average molecular weight is 423 g/mol. The third-order valence-corrected chi connectivity index (χ3v) is 6.36. The minimum Gasteiger partial charge on any atom is -0.494 e. The zero-order valence-electron chi connectivity index (χ0n) is 19.7. The Labute approximate surface area is 190 Å². The van der Waals surface area contributed by atoms with Crippen LogP contribution in [0.4, 0.5) is 0 Å². The highest BCUT2D eigenvalue weighted by molar-refractivity contribution is 5.55. The van der Waals surface area contributed by atoms with Crippen LogP contribution >= 0.6 is 0 Å². The number of ether oxygens (including phenoxy) is 1. The summed E-state index contributed by atoms with van der Waals surface area (Å²) < 4.78 is 5.92. The van der Waals surface area contributed by atoms with Crippen molar-refractivity contribution in [3.63, 3.8) is 0 Å². The van der Waals surface area contributed by atoms with Gasteiger partial charge in [-0.15, -0.1) is 0 Å². The molecule has 1 saturated carbocycles. The van der Waals surface area contributed by atoms with Crippen molar-refractivity contribution in [2.45, 2.75) is 103 Å². The van der Waals surface area contributed by atoms with Crippen molar-refractivity contribution in [1.29, 1.82) is 0 Å². The largest absolute Gasteiger partial charge is 0.494 e. The quantitative estimate of drug-likeness (QED) is 0.241. The Kier molecular flexibility index (Phi) is 10.9. The molecule has 31 heavy (non-hydrogen) atoms. The fourth-order valence-electron chi connectivity index (χ4n) is 4.10. The van der Waals surface area contributed by atoms with Crippen molar-refractivity contribution in [2.24, 2.45) is 5.92 Å². The first kappa shape index (κ1) is 23.8. The van der Waals surface area contributed by atoms with Crippen LogP contribution in [0.15, 0.2) is 36.7 Å². The molecule has 1 aliphatic rings. The highest BCUT2D eigenvalue weighted by Crippen LogP contribution is 2.34. The van der Waals surface area contributed by atoms with Crippen LogP contribution in [0.5, 0.6) is 5.75 Å². The van der Waals surface area contributed by atoms with Gasteiger partial charge in [0.15, 0.2) is 5.82 Å². The lowest BCUT2D eigenvalue weighted by molar-refractivity contribution is 0.304. The van der Waals surface area contributed by atoms with Crippen LogP contribution < -0.4 is 4.74 Å². The molecule has 170 valence electrons. The number of nitrogens with zero attached hydrogens (tertiary/aromatic N) is 2. The monoisotopic (exact) mass is 422 g/mol. The van der Waals surface area contributed by atoms with Crippen molar-refractivity contribution in [3.8, 4) is 17.1 Å². The van der Waals surface area contributed by atoms with Crippen molar-refractivity contribution in [2.75, 3.05) is 6.61 Å². The summed E-state index contributed by atoms with van der Waals surface area (Å²) in [4.78, 5) is 9.12. The van der Waals surface area contributed by atoms with Crippen molar-refractivity contribution in [3.05, 3.63) is 42.2 Å². The van der Waals surface area contributed by atoms with Crippen molar-refractivity contribution in [1.82, 2.24) is 9.97 Å². The second-order valence-corrected chi connectivity index (χ2v) is 9.31. The zero-order valence-corrected chi connectivity index (χ0v) is 19.7. The van der Waals surface area contributed by atoms with E-state index in [9.17, 15) is 0 Å². The van der Waals surface area contributed by atoms with E-state index in [2.05, 4.69) is 29.0 Å². The molecule has 0 saturated heterocycles. The van der Waals surface area contributed by atoms with Gasteiger partial charge in [-0.25, -0.2) is 9.97 Å². The molecule has 1 fully saturated rings. The summed E-state index contributed by atoms with van der Waals surface area (Å²) in [6.07, 6.45) is 24.1. The molecule has 3 rings (SSSR count). The Balaban J connectivity index is 1.25. The van der Waals surface area contributed by atoms with Crippen molar-refractivity contribution < 1.29 is 4.74 Å². The van der Waals surface area contributed by atoms with Gasteiger partial charge < -0.3 is 4.74 Å². The Morgan fingerprint density at radius 3 is 2.10 bits per heavy atom. The molecule has 1 aliphatic carbocycles. The van der Waals surface area contributed by atoms with Crippen LogP contribution in [-0.2, 0) is 6.42 Å². The van der Waals surface area contributed by atoms with Gasteiger partial charge >= 0.3 is 0 Å². The van der Waals surface area contributed by atoms with Crippen LogP contribution in [0.25, 0.3) is 11.4 Å². The van der Waals surface area contributed by atoms with Gasteiger partial charge in [-0.1, -0.05) is 84.0 Å². The maximum Gasteiger partial charge on any atom is 0.159 e. The van der Waals surface area contributed by atoms with E-state index in [1.54, 1.807) is 0 Å². The summed E-state index contributed by atoms with van der Waals surface area (Å²) in [5.74, 6) is 2.83. The molecule has 0 unspecified atom stereocenters. The summed E-state index contributed by atoms with van der Waals surface area (Å²) in [6.45, 7) is 3.05. The van der Waals surface area contributed by atoms with E-state index >= 15 is 0 Å². The summed E-state index contributed by atoms with van der Waals surface area (Å²) in [5, 5.41) is 0. The van der Waals surface area contributed by atoms with E-state index in [-0.39, 0.29) is 0 Å². The summed E-state index contributed by atoms with van der Waals surface area (Å²) >= 11 is 0. The Morgan fingerprint density at radius 1 is 0.774 bits per heavy atom. The third-order valence-electron chi connectivity index (χ3n) is 6.36. The first-order valence-electron chi connectivity index (χ1n) is 12.9. The minimum atomic E-state index is 0.793. The Morgan fingerprint density at radius 2 is 1.42 bits per heavy atom. The molecule has 3 heteroatoms. The van der Waals surface area contributed by atoms with Gasteiger partial charge in [0.25, 0.3) is 0 Å². The average Bonchev–Trinajstić information content (AvgIpc) is 3.63. The molecule has 3 nitrogen and oxygen atoms in total. The van der Waals surface area contributed by atoms with Gasteiger partial charge in [-0.05, 0) is 55.0 Å². The van der Waals surface area contributed by atoms with E-state index < -0.39 is 0 Å². The van der Waals surface area contributed by atoms with Crippen LogP contribution in [0.1, 0.15) is 102 Å². The van der Waals surface area contributed by atoms with Crippen LogP contribution in [0.3, 0.4) is 0 Å². The molecule has 0 atom stereocenters. The Bertz CT molecular complexity index is 707. The lowest BCUT2D eigenvalue weighted by atomic mass is 10.1. The second kappa shape index (κ2) is 14.2. The highest BCUT2D eigenvalue weighted by atomic mass is 16.5. The number of hydrogen-bond donors (Lipinski definition) is 0. The molecule has 2 aromatic rings. The fourth-order valence-corrected chi connectivity index (χ4v) is 4.10. The standard InChI is InChI=1S/C28H42N2O/c1-2-3-4-10-14-25-22-29-28(30-23-25)26-17-19-27(20-18-26)31-21-12-9-7-5-6-8-11-13-24-15-16-24/h17-20,22-24H,2-16,21H2,1H3. The fraction of sp³-hybridized carbons (Fsp3) is 0.643. The predicted molar refractivity (Wildman–Crippen MR) is 130 cm³/mol. The molecule has 1 aromatic heterocycles. The predicted octanol–water partition coefficient (Wildman–Crippen LogP) is 8.18. The summed E-state index contributed by atoms with van der Waals surface area (Å²) in [5.41, 5.74) is 2.28. The zero-order chi connectivity index (χ0) is 21.6. The lowest BCUT2D eigenvalue weighted by Crippen LogP contribution is -1.97. The van der Waals surface area contributed by atoms with E-state index in [1.807, 2.05) is 24.5 Å². The SMILES string of the molecule is CCCCCCc1cnc(-c2ccc(OCCCCCCCCCC3CC3)cc2)nc1. The number of hydrogen-bond acceptors (Lipinski definition) is 3. The molecule has 0 radical (unpaired) electrons. The van der Waals surface area contributed by atoms with Crippen LogP contribution in [0, 0.1) is 5.92 Å². The normalized spacial score (nSPS) is 13.5. The molecular formula is C28H42N2O. The second-order valence-electron chi connectivity index (χ2n) is 9.31. The molecule has 1 aromatic carbocycles. The number of unbranched alkanes of at least 4 members (excludes halogenated alkanes) is 9. The maximum atomic E-state index is 5.92. The first-order chi connectivity index (χ1) is 15.3. The third kappa shape index (κ3) is 9.84. The molecule has 0 bridgehead atoms. The summed E-state index contributed by atoms with van der Waals surface area (Å²) in [6, 6.07) is 8.20. The molecular weight excluding hydrogens is 380 g/mol. The number of aryl methyl sites for hydroxylation is 1. The number of aromatic nitrogens is 2. The highest BCUT2D eigenvalue weighted by Gasteiger charge is 2.19. The molecule has 0 N–H and O–H groups in total. The van der Waals surface area contributed by atoms with Gasteiger partial charge in [0.1, 0.15) is 5.75 Å². The molecule has 1 heterocycles. The number of benzene rings is 1. The minimum absolute atomic E-state index is 0.793. The smallest absolute Gasteiger partial charge is 0.159 e. The van der Waals surface area contributed by atoms with E-state index in [1.165, 1.54) is 89.0 Å². The maximum absolute atomic E-state index is 5.92. The van der Waals surface area contributed by atoms with Gasteiger partial charge in [-0.2, -0.15) is 0 Å². The van der Waals surface area contributed by atoms with E-state index in [0.29, 0.717) is 0 Å². The molecule has 0 spiro atoms. The Hall–Kier alpha value is -1.90. The van der Waals surface area contributed by atoms with Crippen LogP contribution in [0.2, 0.25) is 0 Å². The van der Waals surface area contributed by atoms with Gasteiger partial charge in [-0.3, -0.25) is 0 Å². The molecule has 0 aliphatic heterocycles. The first-order valence-corrected chi connectivity index (χ1v) is 12.9. The molecule has 0 amide bonds. The van der Waals surface area contributed by atoms with Crippen LogP contribution in [-0.4, -0.2) is 16.6 Å². The van der Waals surface area contributed by atoms with Gasteiger partial charge in [0.05, 0.1) is 6.61 Å². The van der Waals surface area contributed by atoms with Crippen molar-refractivity contribution >= 4 is 0 Å². The summed E-state index contributed by atoms with van der Waals surface area (Å²) in [7, 11) is 0. The topological polar surface area (TPSA) is 35.0 Å².